The number of pyridine rings is 1. The van der Waals surface area contributed by atoms with Crippen molar-refractivity contribution >= 4 is 36.8 Å². The first kappa shape index (κ1) is 29.5. The van der Waals surface area contributed by atoms with E-state index in [1.165, 1.54) is 26.4 Å². The Balaban J connectivity index is 1.51. The number of rotatable bonds is 9. The van der Waals surface area contributed by atoms with E-state index in [2.05, 4.69) is 10.4 Å². The van der Waals surface area contributed by atoms with Gasteiger partial charge in [0.2, 0.25) is 10.0 Å². The zero-order valence-corrected chi connectivity index (χ0v) is 25.0. The third kappa shape index (κ3) is 5.96. The van der Waals surface area contributed by atoms with Crippen LogP contribution in [-0.4, -0.2) is 69.8 Å². The van der Waals surface area contributed by atoms with Gasteiger partial charge in [-0.1, -0.05) is 12.1 Å². The number of nitrogens with two attached hydrogens (primary N) is 1. The Kier molecular flexibility index (Phi) is 7.96. The molecule has 5 rings (SSSR count). The average Bonchev–Trinajstić information content (AvgIpc) is 3.50. The van der Waals surface area contributed by atoms with Gasteiger partial charge in [0, 0.05) is 12.1 Å². The van der Waals surface area contributed by atoms with Gasteiger partial charge in [0.05, 0.1) is 59.0 Å². The van der Waals surface area contributed by atoms with Crippen molar-refractivity contribution in [2.75, 3.05) is 32.3 Å². The van der Waals surface area contributed by atoms with Crippen molar-refractivity contribution in [2.24, 2.45) is 5.14 Å². The van der Waals surface area contributed by atoms with Crippen LogP contribution >= 0.6 is 0 Å². The summed E-state index contributed by atoms with van der Waals surface area (Å²) >= 11 is 0. The van der Waals surface area contributed by atoms with Crippen LogP contribution in [0.25, 0.3) is 22.3 Å². The van der Waals surface area contributed by atoms with Crippen molar-refractivity contribution in [1.29, 1.82) is 0 Å². The molecule has 1 saturated heterocycles. The molecule has 3 N–H and O–H groups in total. The smallest absolute Gasteiger partial charge is 0.252 e. The Labute approximate surface area is 243 Å². The molecule has 4 aromatic rings. The molecule has 0 spiro atoms. The number of benzene rings is 2. The van der Waals surface area contributed by atoms with Gasteiger partial charge in [-0.05, 0) is 61.7 Å². The van der Waals surface area contributed by atoms with Crippen LogP contribution in [0, 0.1) is 6.92 Å². The first-order chi connectivity index (χ1) is 19.9. The van der Waals surface area contributed by atoms with E-state index in [1.807, 2.05) is 0 Å². The second-order valence-electron chi connectivity index (χ2n) is 10.1. The Morgan fingerprint density at radius 2 is 1.81 bits per heavy atom. The van der Waals surface area contributed by atoms with E-state index in [0.29, 0.717) is 57.9 Å². The van der Waals surface area contributed by atoms with Gasteiger partial charge in [0.25, 0.3) is 5.91 Å². The lowest BCUT2D eigenvalue weighted by molar-refractivity contribution is 0.0955. The number of nitrogens with zero attached hydrogens (tertiary/aromatic N) is 3. The van der Waals surface area contributed by atoms with E-state index in [-0.39, 0.29) is 28.9 Å². The minimum Gasteiger partial charge on any atom is -0.493 e. The van der Waals surface area contributed by atoms with Crippen LogP contribution in [0.1, 0.15) is 34.1 Å². The lowest BCUT2D eigenvalue weighted by Crippen LogP contribution is -2.26. The zero-order valence-electron chi connectivity index (χ0n) is 23.3. The Bertz CT molecular complexity index is 1890. The number of fused-ring (bicyclic) bond motifs is 1. The molecule has 1 fully saturated rings. The zero-order chi connectivity index (χ0) is 30.2. The molecule has 42 heavy (non-hydrogen) atoms. The highest BCUT2D eigenvalue weighted by Crippen LogP contribution is 2.35. The average molecular weight is 614 g/mol. The largest absolute Gasteiger partial charge is 0.493 e. The first-order valence-electron chi connectivity index (χ1n) is 13.1. The summed E-state index contributed by atoms with van der Waals surface area (Å²) in [5.41, 5.74) is 3.30. The molecule has 222 valence electrons. The number of hydrogen-bond acceptors (Lipinski definition) is 9. The number of amides is 1. The van der Waals surface area contributed by atoms with Gasteiger partial charge in [-0.3, -0.25) is 4.79 Å². The number of nitrogens with one attached hydrogen (secondary N) is 1. The summed E-state index contributed by atoms with van der Waals surface area (Å²) in [7, 11) is -3.93. The van der Waals surface area contributed by atoms with Crippen LogP contribution < -0.4 is 19.9 Å². The summed E-state index contributed by atoms with van der Waals surface area (Å²) in [6, 6.07) is 12.7. The van der Waals surface area contributed by atoms with Crippen molar-refractivity contribution < 1.29 is 31.1 Å². The minimum atomic E-state index is -3.79. The van der Waals surface area contributed by atoms with E-state index >= 15 is 0 Å². The molecule has 1 unspecified atom stereocenters. The van der Waals surface area contributed by atoms with Gasteiger partial charge in [-0.15, -0.1) is 0 Å². The lowest BCUT2D eigenvalue weighted by atomic mass is 10.0. The van der Waals surface area contributed by atoms with Crippen LogP contribution in [0.4, 0.5) is 0 Å². The van der Waals surface area contributed by atoms with E-state index < -0.39 is 25.9 Å². The fourth-order valence-electron chi connectivity index (χ4n) is 5.12. The number of sulfonamides is 1. The fraction of sp³-hybridized carbons (Fsp3) is 0.321. The summed E-state index contributed by atoms with van der Waals surface area (Å²) < 4.78 is 60.0. The van der Waals surface area contributed by atoms with E-state index in [9.17, 15) is 21.6 Å². The van der Waals surface area contributed by atoms with Crippen LogP contribution in [-0.2, 0) is 26.3 Å². The predicted octanol–water partition coefficient (Wildman–Crippen LogP) is 2.40. The summed E-state index contributed by atoms with van der Waals surface area (Å²) in [6.07, 6.45) is 0.859. The molecule has 0 aliphatic carbocycles. The minimum absolute atomic E-state index is 0.0136. The number of ether oxygens (including phenoxy) is 2. The van der Waals surface area contributed by atoms with Gasteiger partial charge in [0.1, 0.15) is 0 Å². The molecule has 1 aliphatic heterocycles. The third-order valence-corrected chi connectivity index (χ3v) is 9.95. The second kappa shape index (κ2) is 11.3. The molecule has 2 aromatic carbocycles. The first-order valence-corrected chi connectivity index (χ1v) is 16.5. The number of carbonyl (C=O) groups is 1. The van der Waals surface area contributed by atoms with Gasteiger partial charge in [0.15, 0.2) is 27.0 Å². The molecule has 2 aromatic heterocycles. The van der Waals surface area contributed by atoms with Crippen molar-refractivity contribution in [3.63, 3.8) is 0 Å². The summed E-state index contributed by atoms with van der Waals surface area (Å²) in [6.45, 7) is 2.04. The molecule has 1 amide bonds. The molecule has 0 radical (unpaired) electrons. The number of primary sulfonamides is 1. The van der Waals surface area contributed by atoms with Gasteiger partial charge in [-0.2, -0.15) is 5.10 Å². The van der Waals surface area contributed by atoms with E-state index in [0.717, 1.165) is 5.56 Å². The SMILES string of the molecule is COc1ccc(-c2cc(C(=O)NCCc3ccc(S(N)(=O)=O)cc3)c3c(C)nn(C4CCS(=O)(=O)C4)c3n2)cc1OC. The number of sulfone groups is 1. The third-order valence-electron chi connectivity index (χ3n) is 7.27. The molecule has 14 heteroatoms. The molecule has 1 aliphatic rings. The molecule has 3 heterocycles. The molecular weight excluding hydrogens is 582 g/mol. The highest BCUT2D eigenvalue weighted by atomic mass is 32.2. The van der Waals surface area contributed by atoms with Crippen molar-refractivity contribution in [1.82, 2.24) is 20.1 Å². The predicted molar refractivity (Wildman–Crippen MR) is 157 cm³/mol. The number of hydrogen-bond donors (Lipinski definition) is 2. The Morgan fingerprint density at radius 1 is 1.10 bits per heavy atom. The molecule has 0 saturated carbocycles. The van der Waals surface area contributed by atoms with Gasteiger partial charge in [-0.25, -0.2) is 31.6 Å². The van der Waals surface area contributed by atoms with Crippen molar-refractivity contribution in [3.05, 3.63) is 65.4 Å². The quantitative estimate of drug-likeness (QED) is 0.287. The van der Waals surface area contributed by atoms with E-state index in [1.54, 1.807) is 48.0 Å². The Hall–Kier alpha value is -4.01. The topological polar surface area (TPSA) is 173 Å². The van der Waals surface area contributed by atoms with Crippen LogP contribution in [0.2, 0.25) is 0 Å². The summed E-state index contributed by atoms with van der Waals surface area (Å²) in [4.78, 5) is 18.5. The second-order valence-corrected chi connectivity index (χ2v) is 13.9. The number of carbonyl (C=O) groups excluding carboxylic acids is 1. The number of methoxy groups -OCH3 is 2. The maximum absolute atomic E-state index is 13.6. The number of aromatic nitrogens is 3. The maximum Gasteiger partial charge on any atom is 0.252 e. The maximum atomic E-state index is 13.6. The standard InChI is InChI=1S/C28H31N5O7S2/c1-17-26-22(28(34)30-12-10-18-4-7-21(8-5-18)42(29,37)38)15-23(19-6-9-24(39-2)25(14-19)40-3)31-27(26)33(32-17)20-11-13-41(35,36)16-20/h4-9,14-15,20H,10-13,16H2,1-3H3,(H,30,34)(H2,29,37,38). The van der Waals surface area contributed by atoms with Gasteiger partial charge >= 0.3 is 0 Å². The highest BCUT2D eigenvalue weighted by Gasteiger charge is 2.32. The van der Waals surface area contributed by atoms with Crippen LogP contribution in [0.5, 0.6) is 11.5 Å². The van der Waals surface area contributed by atoms with Crippen LogP contribution in [0.15, 0.2) is 53.4 Å². The monoisotopic (exact) mass is 613 g/mol. The number of aryl methyl sites for hydroxylation is 1. The highest BCUT2D eigenvalue weighted by molar-refractivity contribution is 7.91. The summed E-state index contributed by atoms with van der Waals surface area (Å²) in [5.74, 6) is 0.695. The molecule has 12 nitrogen and oxygen atoms in total. The van der Waals surface area contributed by atoms with Gasteiger partial charge < -0.3 is 14.8 Å². The van der Waals surface area contributed by atoms with Crippen molar-refractivity contribution in [2.45, 2.75) is 30.7 Å². The lowest BCUT2D eigenvalue weighted by Gasteiger charge is -2.13. The molecular formula is C28H31N5O7S2. The molecule has 0 bridgehead atoms. The van der Waals surface area contributed by atoms with Crippen molar-refractivity contribution in [3.8, 4) is 22.8 Å². The summed E-state index contributed by atoms with van der Waals surface area (Å²) in [5, 5.41) is 13.3. The van der Waals surface area contributed by atoms with Crippen LogP contribution in [0.3, 0.4) is 0 Å². The fourth-order valence-corrected chi connectivity index (χ4v) is 7.33. The Morgan fingerprint density at radius 3 is 2.43 bits per heavy atom. The molecule has 1 atom stereocenters. The normalized spacial score (nSPS) is 16.4. The van der Waals surface area contributed by atoms with E-state index in [4.69, 9.17) is 19.6 Å².